The molecule has 4 nitrogen and oxygen atoms in total. The van der Waals surface area contributed by atoms with Gasteiger partial charge in [0.15, 0.2) is 0 Å². The van der Waals surface area contributed by atoms with E-state index in [0.29, 0.717) is 6.54 Å². The molecule has 0 atom stereocenters. The molecule has 0 fully saturated rings. The highest BCUT2D eigenvalue weighted by Crippen LogP contribution is 2.29. The summed E-state index contributed by atoms with van der Waals surface area (Å²) in [5.41, 5.74) is 3.25. The molecule has 23 heavy (non-hydrogen) atoms. The molecular weight excluding hydrogens is 290 g/mol. The Balaban J connectivity index is 2.13. The molecule has 0 aromatic heterocycles. The zero-order valence-electron chi connectivity index (χ0n) is 13.7. The summed E-state index contributed by atoms with van der Waals surface area (Å²) in [6.45, 7) is 3.55. The molecule has 0 saturated heterocycles. The van der Waals surface area contributed by atoms with Crippen molar-refractivity contribution in [2.45, 2.75) is 19.9 Å². The zero-order chi connectivity index (χ0) is 16.7. The van der Waals surface area contributed by atoms with Gasteiger partial charge in [0.1, 0.15) is 5.75 Å². The monoisotopic (exact) mass is 313 g/mol. The normalized spacial score (nSPS) is 10.7. The van der Waals surface area contributed by atoms with Gasteiger partial charge in [-0.15, -0.1) is 0 Å². The smallest absolute Gasteiger partial charge is 0.317 e. The van der Waals surface area contributed by atoms with E-state index in [1.165, 1.54) is 0 Å². The van der Waals surface area contributed by atoms with Crippen molar-refractivity contribution in [2.24, 2.45) is 0 Å². The SMILES string of the molecule is CCCN(CC(=O)O)Cc1ccc(-c2ccccc2OC)cc1. The van der Waals surface area contributed by atoms with Gasteiger partial charge in [-0.3, -0.25) is 9.69 Å². The Morgan fingerprint density at radius 1 is 1.13 bits per heavy atom. The molecule has 122 valence electrons. The molecule has 0 aliphatic heterocycles. The van der Waals surface area contributed by atoms with Gasteiger partial charge in [0, 0.05) is 12.1 Å². The fraction of sp³-hybridized carbons (Fsp3) is 0.316. The van der Waals surface area contributed by atoms with Gasteiger partial charge in [0.25, 0.3) is 0 Å². The number of carboxylic acids is 1. The fourth-order valence-electron chi connectivity index (χ4n) is 2.65. The summed E-state index contributed by atoms with van der Waals surface area (Å²) in [6.07, 6.45) is 0.937. The lowest BCUT2D eigenvalue weighted by molar-refractivity contribution is -0.138. The lowest BCUT2D eigenvalue weighted by Gasteiger charge is -2.19. The molecular formula is C19H23NO3. The van der Waals surface area contributed by atoms with E-state index in [4.69, 9.17) is 9.84 Å². The summed E-state index contributed by atoms with van der Waals surface area (Å²) in [5.74, 6) is 0.0582. The first kappa shape index (κ1) is 17.0. The van der Waals surface area contributed by atoms with Crippen molar-refractivity contribution in [3.8, 4) is 16.9 Å². The van der Waals surface area contributed by atoms with Crippen LogP contribution in [0.4, 0.5) is 0 Å². The van der Waals surface area contributed by atoms with Gasteiger partial charge in [-0.1, -0.05) is 49.4 Å². The van der Waals surface area contributed by atoms with E-state index in [1.54, 1.807) is 7.11 Å². The lowest BCUT2D eigenvalue weighted by atomic mass is 10.0. The Bertz CT molecular complexity index is 637. The van der Waals surface area contributed by atoms with E-state index in [0.717, 1.165) is 35.4 Å². The van der Waals surface area contributed by atoms with Crippen LogP contribution in [-0.2, 0) is 11.3 Å². The molecule has 2 aromatic rings. The molecule has 2 rings (SSSR count). The minimum atomic E-state index is -0.788. The van der Waals surface area contributed by atoms with Crippen molar-refractivity contribution in [2.75, 3.05) is 20.2 Å². The van der Waals surface area contributed by atoms with E-state index >= 15 is 0 Å². The van der Waals surface area contributed by atoms with Crippen LogP contribution in [0.25, 0.3) is 11.1 Å². The second kappa shape index (κ2) is 8.34. The van der Waals surface area contributed by atoms with Gasteiger partial charge >= 0.3 is 5.97 Å². The number of para-hydroxylation sites is 1. The Morgan fingerprint density at radius 3 is 2.43 bits per heavy atom. The maximum absolute atomic E-state index is 10.9. The van der Waals surface area contributed by atoms with Gasteiger partial charge in [-0.2, -0.15) is 0 Å². The molecule has 0 aliphatic rings. The van der Waals surface area contributed by atoms with Crippen LogP contribution in [0.3, 0.4) is 0 Å². The van der Waals surface area contributed by atoms with E-state index in [9.17, 15) is 4.79 Å². The number of nitrogens with zero attached hydrogens (tertiary/aromatic N) is 1. The summed E-state index contributed by atoms with van der Waals surface area (Å²) in [5, 5.41) is 8.98. The molecule has 0 bridgehead atoms. The van der Waals surface area contributed by atoms with Crippen LogP contribution < -0.4 is 4.74 Å². The molecule has 0 heterocycles. The first-order valence-electron chi connectivity index (χ1n) is 7.80. The van der Waals surface area contributed by atoms with Crippen molar-refractivity contribution < 1.29 is 14.6 Å². The Morgan fingerprint density at radius 2 is 1.83 bits per heavy atom. The van der Waals surface area contributed by atoms with E-state index in [-0.39, 0.29) is 6.54 Å². The van der Waals surface area contributed by atoms with E-state index in [2.05, 4.69) is 19.1 Å². The maximum Gasteiger partial charge on any atom is 0.317 e. The van der Waals surface area contributed by atoms with E-state index in [1.807, 2.05) is 41.3 Å². The Labute approximate surface area is 137 Å². The third kappa shape index (κ3) is 4.83. The molecule has 1 N–H and O–H groups in total. The Kier molecular flexibility index (Phi) is 6.18. The third-order valence-electron chi connectivity index (χ3n) is 3.68. The molecule has 0 spiro atoms. The number of aliphatic carboxylic acids is 1. The minimum absolute atomic E-state index is 0.0715. The molecule has 0 saturated carbocycles. The zero-order valence-corrected chi connectivity index (χ0v) is 13.7. The van der Waals surface area contributed by atoms with Crippen molar-refractivity contribution in [1.82, 2.24) is 4.90 Å². The van der Waals surface area contributed by atoms with Gasteiger partial charge < -0.3 is 9.84 Å². The minimum Gasteiger partial charge on any atom is -0.496 e. The van der Waals surface area contributed by atoms with Crippen LogP contribution in [0.15, 0.2) is 48.5 Å². The molecule has 0 aliphatic carbocycles. The lowest BCUT2D eigenvalue weighted by Crippen LogP contribution is -2.30. The van der Waals surface area contributed by atoms with Crippen molar-refractivity contribution in [3.63, 3.8) is 0 Å². The van der Waals surface area contributed by atoms with Crippen LogP contribution in [-0.4, -0.2) is 36.2 Å². The second-order valence-electron chi connectivity index (χ2n) is 5.50. The van der Waals surface area contributed by atoms with Crippen molar-refractivity contribution in [3.05, 3.63) is 54.1 Å². The predicted molar refractivity (Wildman–Crippen MR) is 91.6 cm³/mol. The van der Waals surface area contributed by atoms with Crippen LogP contribution in [0.5, 0.6) is 5.75 Å². The van der Waals surface area contributed by atoms with Crippen LogP contribution in [0.2, 0.25) is 0 Å². The number of carbonyl (C=O) groups is 1. The largest absolute Gasteiger partial charge is 0.496 e. The summed E-state index contributed by atoms with van der Waals surface area (Å²) in [4.78, 5) is 12.9. The molecule has 0 radical (unpaired) electrons. The summed E-state index contributed by atoms with van der Waals surface area (Å²) in [6, 6.07) is 16.1. The highest BCUT2D eigenvalue weighted by atomic mass is 16.5. The van der Waals surface area contributed by atoms with Gasteiger partial charge in [-0.25, -0.2) is 0 Å². The van der Waals surface area contributed by atoms with Gasteiger partial charge in [0.2, 0.25) is 0 Å². The number of methoxy groups -OCH3 is 1. The molecule has 0 amide bonds. The van der Waals surface area contributed by atoms with Gasteiger partial charge in [-0.05, 0) is 30.2 Å². The highest BCUT2D eigenvalue weighted by molar-refractivity contribution is 5.70. The molecule has 0 unspecified atom stereocenters. The number of ether oxygens (including phenoxy) is 1. The number of rotatable bonds is 8. The standard InChI is InChI=1S/C19H23NO3/c1-3-12-20(14-19(21)22)13-15-8-10-16(11-9-15)17-6-4-5-7-18(17)23-2/h4-11H,3,12-14H2,1-2H3,(H,21,22). The van der Waals surface area contributed by atoms with Crippen LogP contribution >= 0.6 is 0 Å². The third-order valence-corrected chi connectivity index (χ3v) is 3.68. The second-order valence-corrected chi connectivity index (χ2v) is 5.50. The van der Waals surface area contributed by atoms with Crippen LogP contribution in [0.1, 0.15) is 18.9 Å². The maximum atomic E-state index is 10.9. The average molecular weight is 313 g/mol. The highest BCUT2D eigenvalue weighted by Gasteiger charge is 2.10. The first-order valence-corrected chi connectivity index (χ1v) is 7.80. The molecule has 2 aromatic carbocycles. The average Bonchev–Trinajstić information content (AvgIpc) is 2.55. The number of hydrogen-bond acceptors (Lipinski definition) is 3. The Hall–Kier alpha value is -2.33. The van der Waals surface area contributed by atoms with Crippen LogP contribution in [0, 0.1) is 0 Å². The quantitative estimate of drug-likeness (QED) is 0.808. The number of hydrogen-bond donors (Lipinski definition) is 1. The first-order chi connectivity index (χ1) is 11.1. The summed E-state index contributed by atoms with van der Waals surface area (Å²) in [7, 11) is 1.67. The van der Waals surface area contributed by atoms with Crippen molar-refractivity contribution in [1.29, 1.82) is 0 Å². The topological polar surface area (TPSA) is 49.8 Å². The fourth-order valence-corrected chi connectivity index (χ4v) is 2.65. The molecule has 4 heteroatoms. The summed E-state index contributed by atoms with van der Waals surface area (Å²) < 4.78 is 5.40. The van der Waals surface area contributed by atoms with E-state index < -0.39 is 5.97 Å². The number of carboxylic acid groups (broad SMARTS) is 1. The summed E-state index contributed by atoms with van der Waals surface area (Å²) >= 11 is 0. The van der Waals surface area contributed by atoms with Crippen molar-refractivity contribution >= 4 is 5.97 Å². The number of benzene rings is 2. The van der Waals surface area contributed by atoms with Gasteiger partial charge in [0.05, 0.1) is 13.7 Å². The predicted octanol–water partition coefficient (Wildman–Crippen LogP) is 3.66.